The molecule has 3 rings (SSSR count). The highest BCUT2D eigenvalue weighted by Gasteiger charge is 2.15. The van der Waals surface area contributed by atoms with Crippen molar-refractivity contribution in [3.63, 3.8) is 0 Å². The Kier molecular flexibility index (Phi) is 6.83. The van der Waals surface area contributed by atoms with Crippen LogP contribution in [0.2, 0.25) is 0 Å². The van der Waals surface area contributed by atoms with Crippen LogP contribution in [0, 0.1) is 0 Å². The third kappa shape index (κ3) is 5.48. The molecule has 0 unspecified atom stereocenters. The maximum Gasteiger partial charge on any atom is 0.286 e. The highest BCUT2D eigenvalue weighted by molar-refractivity contribution is 6.01. The molecule has 8 heteroatoms. The zero-order valence-corrected chi connectivity index (χ0v) is 16.3. The number of amides is 2. The van der Waals surface area contributed by atoms with E-state index in [2.05, 4.69) is 15.8 Å². The van der Waals surface area contributed by atoms with Crippen molar-refractivity contribution in [3.8, 4) is 11.5 Å². The van der Waals surface area contributed by atoms with Crippen molar-refractivity contribution in [3.05, 3.63) is 83.7 Å². The fraction of sp³-hybridized carbons (Fsp3) is 0.136. The lowest BCUT2D eigenvalue weighted by molar-refractivity contribution is 0.0841. The van der Waals surface area contributed by atoms with E-state index in [1.54, 1.807) is 24.3 Å². The van der Waals surface area contributed by atoms with Crippen LogP contribution in [0.5, 0.6) is 11.5 Å². The number of Topliss-reactive ketones (excluding diaryl/α,β-unsaturated/α-hetero) is 1. The third-order valence-electron chi connectivity index (χ3n) is 4.11. The van der Waals surface area contributed by atoms with Crippen molar-refractivity contribution >= 4 is 17.6 Å². The first kappa shape index (κ1) is 20.7. The molecule has 1 aromatic heterocycles. The highest BCUT2D eigenvalue weighted by Crippen LogP contribution is 2.18. The fourth-order valence-corrected chi connectivity index (χ4v) is 2.58. The molecule has 30 heavy (non-hydrogen) atoms. The van der Waals surface area contributed by atoms with Gasteiger partial charge in [0.05, 0.1) is 5.56 Å². The summed E-state index contributed by atoms with van der Waals surface area (Å²) in [6.45, 7) is 1.94. The average Bonchev–Trinajstić information content (AvgIpc) is 3.27. The number of nitrogens with one attached hydrogen (secondary N) is 3. The smallest absolute Gasteiger partial charge is 0.286 e. The quantitative estimate of drug-likeness (QED) is 0.302. The van der Waals surface area contributed by atoms with Crippen molar-refractivity contribution < 1.29 is 23.9 Å². The van der Waals surface area contributed by atoms with Gasteiger partial charge in [-0.25, -0.2) is 0 Å². The molecule has 0 aliphatic heterocycles. The van der Waals surface area contributed by atoms with Crippen molar-refractivity contribution in [2.24, 2.45) is 0 Å². The Morgan fingerprint density at radius 3 is 2.27 bits per heavy atom. The number of hydrazine groups is 1. The van der Waals surface area contributed by atoms with Crippen LogP contribution in [0.3, 0.4) is 0 Å². The van der Waals surface area contributed by atoms with Crippen molar-refractivity contribution in [2.75, 3.05) is 13.2 Å². The summed E-state index contributed by atoms with van der Waals surface area (Å²) in [5.74, 6) is -0.199. The number of aromatic amines is 1. The number of para-hydroxylation sites is 2. The van der Waals surface area contributed by atoms with Crippen LogP contribution >= 0.6 is 0 Å². The highest BCUT2D eigenvalue weighted by atomic mass is 16.5. The molecule has 8 nitrogen and oxygen atoms in total. The summed E-state index contributed by atoms with van der Waals surface area (Å²) in [5, 5.41) is 0. The number of H-pyrrole nitrogens is 1. The number of aromatic nitrogens is 1. The molecule has 0 atom stereocenters. The summed E-state index contributed by atoms with van der Waals surface area (Å²) >= 11 is 0. The van der Waals surface area contributed by atoms with Gasteiger partial charge in [-0.3, -0.25) is 25.2 Å². The van der Waals surface area contributed by atoms with Gasteiger partial charge >= 0.3 is 0 Å². The maximum atomic E-state index is 12.5. The van der Waals surface area contributed by atoms with Gasteiger partial charge in [0.15, 0.2) is 5.78 Å². The van der Waals surface area contributed by atoms with Crippen LogP contribution in [0.25, 0.3) is 0 Å². The molecule has 3 aromatic rings. The molecule has 0 aliphatic rings. The number of ether oxygens (including phenoxy) is 2. The second-order valence-corrected chi connectivity index (χ2v) is 6.27. The lowest BCUT2D eigenvalue weighted by Gasteiger charge is -2.12. The monoisotopic (exact) mass is 407 g/mol. The maximum absolute atomic E-state index is 12.5. The predicted molar refractivity (Wildman–Crippen MR) is 110 cm³/mol. The number of hydrogen-bond acceptors (Lipinski definition) is 5. The molecular weight excluding hydrogens is 386 g/mol. The van der Waals surface area contributed by atoms with Gasteiger partial charge in [0.25, 0.3) is 11.8 Å². The molecule has 0 aliphatic carbocycles. The Labute approximate surface area is 173 Å². The standard InChI is InChI=1S/C22H21N3O5/c1-15(26)16-13-19(23-14-16)22(28)25-24-21(27)18-9-5-6-10-20(18)30-12-11-29-17-7-3-2-4-8-17/h2-10,13-14,23H,11-12H2,1H3,(H,24,27)(H,25,28). The molecule has 0 saturated heterocycles. The van der Waals surface area contributed by atoms with Crippen LogP contribution in [0.1, 0.15) is 38.1 Å². The minimum atomic E-state index is -0.578. The summed E-state index contributed by atoms with van der Waals surface area (Å²) in [7, 11) is 0. The molecule has 1 heterocycles. The zero-order valence-electron chi connectivity index (χ0n) is 16.3. The molecule has 0 saturated carbocycles. The summed E-state index contributed by atoms with van der Waals surface area (Å²) < 4.78 is 11.2. The minimum absolute atomic E-state index is 0.156. The lowest BCUT2D eigenvalue weighted by atomic mass is 10.2. The molecule has 0 fully saturated rings. The van der Waals surface area contributed by atoms with Gasteiger partial charge in [0.1, 0.15) is 30.4 Å². The second-order valence-electron chi connectivity index (χ2n) is 6.27. The topological polar surface area (TPSA) is 110 Å². The molecule has 0 bridgehead atoms. The summed E-state index contributed by atoms with van der Waals surface area (Å²) in [6.07, 6.45) is 1.43. The normalized spacial score (nSPS) is 10.2. The Hall–Kier alpha value is -4.07. The Morgan fingerprint density at radius 2 is 1.53 bits per heavy atom. The second kappa shape index (κ2) is 9.92. The zero-order chi connectivity index (χ0) is 21.3. The van der Waals surface area contributed by atoms with Crippen molar-refractivity contribution in [2.45, 2.75) is 6.92 Å². The number of carbonyl (C=O) groups excluding carboxylic acids is 3. The van der Waals surface area contributed by atoms with Gasteiger partial charge in [0.2, 0.25) is 0 Å². The van der Waals surface area contributed by atoms with Gasteiger partial charge in [-0.2, -0.15) is 0 Å². The van der Waals surface area contributed by atoms with Crippen LogP contribution in [-0.2, 0) is 0 Å². The van der Waals surface area contributed by atoms with Crippen LogP contribution in [-0.4, -0.2) is 35.8 Å². The molecule has 0 radical (unpaired) electrons. The molecule has 3 N–H and O–H groups in total. The largest absolute Gasteiger partial charge is 0.490 e. The van der Waals surface area contributed by atoms with E-state index in [4.69, 9.17) is 9.47 Å². The van der Waals surface area contributed by atoms with E-state index in [-0.39, 0.29) is 23.6 Å². The van der Waals surface area contributed by atoms with E-state index in [0.717, 1.165) is 5.75 Å². The van der Waals surface area contributed by atoms with Gasteiger partial charge in [-0.15, -0.1) is 0 Å². The van der Waals surface area contributed by atoms with E-state index in [9.17, 15) is 14.4 Å². The average molecular weight is 407 g/mol. The van der Waals surface area contributed by atoms with E-state index >= 15 is 0 Å². The van der Waals surface area contributed by atoms with Gasteiger partial charge < -0.3 is 14.5 Å². The van der Waals surface area contributed by atoms with Crippen LogP contribution in [0.15, 0.2) is 66.9 Å². The fourth-order valence-electron chi connectivity index (χ4n) is 2.58. The van der Waals surface area contributed by atoms with Crippen LogP contribution < -0.4 is 20.3 Å². The number of rotatable bonds is 8. The number of carbonyl (C=O) groups is 3. The van der Waals surface area contributed by atoms with E-state index < -0.39 is 11.8 Å². The van der Waals surface area contributed by atoms with Crippen molar-refractivity contribution in [1.82, 2.24) is 15.8 Å². The Balaban J connectivity index is 1.52. The molecule has 0 spiro atoms. The number of benzene rings is 2. The number of ketones is 1. The van der Waals surface area contributed by atoms with Gasteiger partial charge in [-0.05, 0) is 37.3 Å². The summed E-state index contributed by atoms with van der Waals surface area (Å²) in [4.78, 5) is 38.6. The number of hydrogen-bond donors (Lipinski definition) is 3. The summed E-state index contributed by atoms with van der Waals surface area (Å²) in [6, 6.07) is 17.4. The lowest BCUT2D eigenvalue weighted by Crippen LogP contribution is -2.41. The van der Waals surface area contributed by atoms with E-state index in [0.29, 0.717) is 17.9 Å². The SMILES string of the molecule is CC(=O)c1c[nH]c(C(=O)NNC(=O)c2ccccc2OCCOc2ccccc2)c1. The summed E-state index contributed by atoms with van der Waals surface area (Å²) in [5.41, 5.74) is 5.43. The van der Waals surface area contributed by atoms with E-state index in [1.165, 1.54) is 19.2 Å². The Bertz CT molecular complexity index is 1030. The first-order chi connectivity index (χ1) is 14.5. The first-order valence-corrected chi connectivity index (χ1v) is 9.24. The van der Waals surface area contributed by atoms with E-state index in [1.807, 2.05) is 30.3 Å². The molecular formula is C22H21N3O5. The molecule has 154 valence electrons. The van der Waals surface area contributed by atoms with Crippen molar-refractivity contribution in [1.29, 1.82) is 0 Å². The van der Waals surface area contributed by atoms with Gasteiger partial charge in [0, 0.05) is 11.8 Å². The minimum Gasteiger partial charge on any atom is -0.490 e. The predicted octanol–water partition coefficient (Wildman–Crippen LogP) is 2.75. The molecule has 2 aromatic carbocycles. The van der Waals surface area contributed by atoms with Gasteiger partial charge in [-0.1, -0.05) is 30.3 Å². The molecule has 2 amide bonds. The van der Waals surface area contributed by atoms with Crippen LogP contribution in [0.4, 0.5) is 0 Å². The Morgan fingerprint density at radius 1 is 0.867 bits per heavy atom. The first-order valence-electron chi connectivity index (χ1n) is 9.24. The third-order valence-corrected chi connectivity index (χ3v) is 4.11.